The molecule has 212 valence electrons. The largest absolute Gasteiger partial charge is 0.481 e. The van der Waals surface area contributed by atoms with E-state index in [4.69, 9.17) is 10.5 Å². The van der Waals surface area contributed by atoms with Crippen molar-refractivity contribution in [3.8, 4) is 0 Å². The molecule has 2 aromatic rings. The predicted octanol–water partition coefficient (Wildman–Crippen LogP) is -3.02. The van der Waals surface area contributed by atoms with Gasteiger partial charge in [-0.05, 0) is 12.5 Å². The maximum Gasteiger partial charge on any atom is 0.481 e. The SMILES string of the molecule is CC1=CC(OP(=O)(O)OP(=O)(O)OC[C@H]2O[C@@H](n3cnc4c(=O)[nH]c(N)nc43)[C@H](O)[C@@H]2O)C(O)C(O)C1O. The Balaban J connectivity index is 1.41. The van der Waals surface area contributed by atoms with Gasteiger partial charge < -0.3 is 45.8 Å². The van der Waals surface area contributed by atoms with Crippen LogP contribution in [-0.2, 0) is 27.2 Å². The van der Waals surface area contributed by atoms with E-state index < -0.39 is 76.8 Å². The molecule has 1 fully saturated rings. The molecule has 4 rings (SSSR count). The summed E-state index contributed by atoms with van der Waals surface area (Å²) in [5, 5.41) is 50.2. The van der Waals surface area contributed by atoms with Crippen molar-refractivity contribution in [2.24, 2.45) is 0 Å². The van der Waals surface area contributed by atoms with Crippen molar-refractivity contribution in [1.29, 1.82) is 0 Å². The van der Waals surface area contributed by atoms with E-state index in [0.29, 0.717) is 0 Å². The van der Waals surface area contributed by atoms with E-state index >= 15 is 0 Å². The molecule has 0 aromatic carbocycles. The molecule has 0 bridgehead atoms. The normalized spacial score (nSPS) is 35.1. The number of phosphoric acid groups is 2. The van der Waals surface area contributed by atoms with Crippen LogP contribution in [-0.4, -0.2) is 104 Å². The van der Waals surface area contributed by atoms with Gasteiger partial charge in [-0.15, -0.1) is 0 Å². The first-order valence-corrected chi connectivity index (χ1v) is 13.8. The number of H-pyrrole nitrogens is 1. The zero-order chi connectivity index (χ0) is 28.2. The van der Waals surface area contributed by atoms with Crippen LogP contribution in [0.25, 0.3) is 11.2 Å². The van der Waals surface area contributed by atoms with E-state index in [9.17, 15) is 49.2 Å². The zero-order valence-corrected chi connectivity index (χ0v) is 21.1. The highest BCUT2D eigenvalue weighted by Gasteiger charge is 2.47. The Labute approximate surface area is 211 Å². The molecular weight excluding hydrogens is 560 g/mol. The molecule has 0 saturated carbocycles. The van der Waals surface area contributed by atoms with Crippen molar-refractivity contribution in [3.05, 3.63) is 28.3 Å². The van der Waals surface area contributed by atoms with Gasteiger partial charge >= 0.3 is 15.6 Å². The van der Waals surface area contributed by atoms with Crippen LogP contribution in [0.1, 0.15) is 13.2 Å². The van der Waals surface area contributed by atoms with Crippen LogP contribution in [0.5, 0.6) is 0 Å². The second-order valence-corrected chi connectivity index (χ2v) is 11.5. The minimum Gasteiger partial charge on any atom is -0.387 e. The van der Waals surface area contributed by atoms with Gasteiger partial charge in [0, 0.05) is 0 Å². The van der Waals surface area contributed by atoms with Crippen LogP contribution in [0.4, 0.5) is 5.95 Å². The molecule has 6 unspecified atom stereocenters. The Hall–Kier alpha value is -2.09. The molecule has 19 nitrogen and oxygen atoms in total. The third-order valence-electron chi connectivity index (χ3n) is 5.83. The van der Waals surface area contributed by atoms with Gasteiger partial charge in [-0.1, -0.05) is 6.08 Å². The average molecular weight is 585 g/mol. The lowest BCUT2D eigenvalue weighted by atomic mass is 9.91. The van der Waals surface area contributed by atoms with E-state index in [1.807, 2.05) is 0 Å². The number of aromatic nitrogens is 4. The van der Waals surface area contributed by atoms with Crippen LogP contribution >= 0.6 is 15.6 Å². The zero-order valence-electron chi connectivity index (χ0n) is 19.3. The second-order valence-electron chi connectivity index (χ2n) is 8.54. The molecule has 0 spiro atoms. The first-order valence-electron chi connectivity index (χ1n) is 10.8. The van der Waals surface area contributed by atoms with E-state index in [-0.39, 0.29) is 22.7 Å². The Morgan fingerprint density at radius 1 is 1.11 bits per heavy atom. The summed E-state index contributed by atoms with van der Waals surface area (Å²) in [5.74, 6) is -0.261. The first kappa shape index (κ1) is 28.9. The highest BCUT2D eigenvalue weighted by molar-refractivity contribution is 7.61. The number of ether oxygens (including phenoxy) is 1. The molecule has 0 radical (unpaired) electrons. The summed E-state index contributed by atoms with van der Waals surface area (Å²) in [6, 6.07) is 0. The van der Waals surface area contributed by atoms with Crippen molar-refractivity contribution < 1.29 is 62.5 Å². The topological polar surface area (TPSA) is 302 Å². The van der Waals surface area contributed by atoms with Gasteiger partial charge in [0.25, 0.3) is 5.56 Å². The van der Waals surface area contributed by atoms with Gasteiger partial charge in [-0.3, -0.25) is 23.4 Å². The highest BCUT2D eigenvalue weighted by Crippen LogP contribution is 2.61. The number of nitrogen functional groups attached to an aromatic ring is 1. The van der Waals surface area contributed by atoms with Crippen molar-refractivity contribution in [2.75, 3.05) is 12.3 Å². The monoisotopic (exact) mass is 585 g/mol. The molecule has 2 aromatic heterocycles. The molecule has 1 saturated heterocycles. The number of imidazole rings is 1. The van der Waals surface area contributed by atoms with Gasteiger partial charge in [-0.25, -0.2) is 14.1 Å². The van der Waals surface area contributed by atoms with E-state index in [0.717, 1.165) is 17.0 Å². The maximum absolute atomic E-state index is 12.3. The second kappa shape index (κ2) is 10.5. The van der Waals surface area contributed by atoms with Crippen molar-refractivity contribution in [2.45, 2.75) is 55.9 Å². The summed E-state index contributed by atoms with van der Waals surface area (Å²) in [5.41, 5.74) is 4.70. The fraction of sp³-hybridized carbons (Fsp3) is 0.588. The molecular formula is C17H25N5O14P2. The maximum atomic E-state index is 12.3. The molecule has 10 atom stereocenters. The van der Waals surface area contributed by atoms with E-state index in [1.54, 1.807) is 0 Å². The Morgan fingerprint density at radius 3 is 2.47 bits per heavy atom. The molecule has 38 heavy (non-hydrogen) atoms. The van der Waals surface area contributed by atoms with Crippen molar-refractivity contribution >= 4 is 32.8 Å². The number of hydrogen-bond acceptors (Lipinski definition) is 15. The predicted molar refractivity (Wildman–Crippen MR) is 122 cm³/mol. The molecule has 0 amide bonds. The number of phosphoric ester groups is 2. The lowest BCUT2D eigenvalue weighted by molar-refractivity contribution is -0.0905. The summed E-state index contributed by atoms with van der Waals surface area (Å²) in [4.78, 5) is 41.8. The van der Waals surface area contributed by atoms with E-state index in [1.165, 1.54) is 6.92 Å². The Morgan fingerprint density at radius 2 is 1.79 bits per heavy atom. The van der Waals surface area contributed by atoms with Gasteiger partial charge in [-0.2, -0.15) is 9.29 Å². The smallest absolute Gasteiger partial charge is 0.387 e. The van der Waals surface area contributed by atoms with Gasteiger partial charge in [0.2, 0.25) is 5.95 Å². The number of nitrogens with two attached hydrogens (primary N) is 1. The van der Waals surface area contributed by atoms with Crippen LogP contribution in [0, 0.1) is 0 Å². The number of rotatable bonds is 8. The number of aromatic amines is 1. The lowest BCUT2D eigenvalue weighted by Gasteiger charge is -2.33. The van der Waals surface area contributed by atoms with Crippen molar-refractivity contribution in [1.82, 2.24) is 19.5 Å². The molecule has 2 aliphatic rings. The highest BCUT2D eigenvalue weighted by atomic mass is 31.3. The molecule has 10 N–H and O–H groups in total. The van der Waals surface area contributed by atoms with Gasteiger partial charge in [0.15, 0.2) is 17.4 Å². The number of aliphatic hydroxyl groups is 5. The molecule has 1 aliphatic heterocycles. The summed E-state index contributed by atoms with van der Waals surface area (Å²) < 4.78 is 44.6. The number of fused-ring (bicyclic) bond motifs is 1. The number of anilines is 1. The standard InChI is InChI=1S/C17H25N5O14P2/c1-5-2-6(10(24)12(26)9(5)23)35-38(31,32)36-37(29,30)33-3-7-11(25)13(27)16(34-7)22-4-19-8-14(22)20-17(18)21-15(8)28/h2,4,6-7,9-13,16,23-27H,3H2,1H3,(H,29,30)(H,31,32)(H3,18,20,21,28)/t6?,7-,9?,10?,11-,12?,13-,16-/m1/s1. The first-order chi connectivity index (χ1) is 17.6. The van der Waals surface area contributed by atoms with Crippen LogP contribution in [0.2, 0.25) is 0 Å². The Bertz CT molecular complexity index is 1380. The third kappa shape index (κ3) is 5.75. The van der Waals surface area contributed by atoms with Crippen LogP contribution < -0.4 is 11.3 Å². The third-order valence-corrected chi connectivity index (χ3v) is 8.47. The summed E-state index contributed by atoms with van der Waals surface area (Å²) in [6.45, 7) is 0.394. The summed E-state index contributed by atoms with van der Waals surface area (Å²) >= 11 is 0. The average Bonchev–Trinajstić information content (AvgIpc) is 3.35. The lowest BCUT2D eigenvalue weighted by Crippen LogP contribution is -2.48. The van der Waals surface area contributed by atoms with Gasteiger partial charge in [0.1, 0.15) is 42.7 Å². The van der Waals surface area contributed by atoms with Gasteiger partial charge in [0.05, 0.1) is 12.9 Å². The molecule has 21 heteroatoms. The van der Waals surface area contributed by atoms with Crippen LogP contribution in [0.3, 0.4) is 0 Å². The number of nitrogens with zero attached hydrogens (tertiary/aromatic N) is 3. The minimum absolute atomic E-state index is 0.0878. The fourth-order valence-electron chi connectivity index (χ4n) is 3.92. The summed E-state index contributed by atoms with van der Waals surface area (Å²) in [6.07, 6.45) is -11.0. The Kier molecular flexibility index (Phi) is 7.97. The fourth-order valence-corrected chi connectivity index (χ4v) is 6.13. The van der Waals surface area contributed by atoms with E-state index in [2.05, 4.69) is 28.3 Å². The number of nitrogens with one attached hydrogen (secondary N) is 1. The minimum atomic E-state index is -5.42. The molecule has 1 aliphatic carbocycles. The molecule has 3 heterocycles. The number of hydrogen-bond donors (Lipinski definition) is 9. The summed E-state index contributed by atoms with van der Waals surface area (Å²) in [7, 11) is -10.8. The number of aliphatic hydroxyl groups excluding tert-OH is 5. The van der Waals surface area contributed by atoms with Crippen LogP contribution in [0.15, 0.2) is 22.8 Å². The quantitative estimate of drug-likeness (QED) is 0.110. The van der Waals surface area contributed by atoms with Crippen molar-refractivity contribution in [3.63, 3.8) is 0 Å².